The highest BCUT2D eigenvalue weighted by Crippen LogP contribution is 2.06. The molecule has 2 heterocycles. The first-order valence-corrected chi connectivity index (χ1v) is 5.71. The first kappa shape index (κ1) is 10.6. The molecule has 0 atom stereocenters. The SMILES string of the molecule is Nc1ccc(C(=O)NCc2ccsc2)nc1. The smallest absolute Gasteiger partial charge is 0.270 e. The average Bonchev–Trinajstić information content (AvgIpc) is 2.80. The van der Waals surface area contributed by atoms with E-state index in [-0.39, 0.29) is 5.91 Å². The number of hydrogen-bond acceptors (Lipinski definition) is 4. The molecule has 0 aromatic carbocycles. The fourth-order valence-electron chi connectivity index (χ4n) is 1.21. The third-order valence-corrected chi connectivity index (χ3v) is 2.78. The number of nitrogens with two attached hydrogens (primary N) is 1. The molecule has 82 valence electrons. The van der Waals surface area contributed by atoms with E-state index in [0.717, 1.165) is 5.56 Å². The third-order valence-electron chi connectivity index (χ3n) is 2.05. The summed E-state index contributed by atoms with van der Waals surface area (Å²) in [4.78, 5) is 15.6. The quantitative estimate of drug-likeness (QED) is 0.847. The molecule has 0 aliphatic carbocycles. The molecule has 4 nitrogen and oxygen atoms in total. The van der Waals surface area contributed by atoms with Gasteiger partial charge in [-0.15, -0.1) is 0 Å². The molecule has 0 aliphatic rings. The summed E-state index contributed by atoms with van der Waals surface area (Å²) in [5.74, 6) is -0.189. The number of amides is 1. The number of rotatable bonds is 3. The lowest BCUT2D eigenvalue weighted by Gasteiger charge is -2.03. The summed E-state index contributed by atoms with van der Waals surface area (Å²) in [6.45, 7) is 0.522. The Balaban J connectivity index is 1.95. The zero-order chi connectivity index (χ0) is 11.4. The fourth-order valence-corrected chi connectivity index (χ4v) is 1.87. The molecule has 5 heteroatoms. The largest absolute Gasteiger partial charge is 0.397 e. The van der Waals surface area contributed by atoms with Gasteiger partial charge in [0.2, 0.25) is 0 Å². The minimum atomic E-state index is -0.189. The topological polar surface area (TPSA) is 68.0 Å². The number of nitrogens with zero attached hydrogens (tertiary/aromatic N) is 1. The number of pyridine rings is 1. The van der Waals surface area contributed by atoms with Crippen molar-refractivity contribution in [3.8, 4) is 0 Å². The van der Waals surface area contributed by atoms with Gasteiger partial charge in [-0.2, -0.15) is 11.3 Å². The maximum Gasteiger partial charge on any atom is 0.270 e. The van der Waals surface area contributed by atoms with E-state index in [4.69, 9.17) is 5.73 Å². The van der Waals surface area contributed by atoms with Gasteiger partial charge in [-0.3, -0.25) is 4.79 Å². The number of nitrogen functional groups attached to an aromatic ring is 1. The predicted molar refractivity (Wildman–Crippen MR) is 64.1 cm³/mol. The summed E-state index contributed by atoms with van der Waals surface area (Å²) in [7, 11) is 0. The number of aromatic nitrogens is 1. The lowest BCUT2D eigenvalue weighted by Crippen LogP contribution is -2.23. The second-order valence-corrected chi connectivity index (χ2v) is 4.07. The summed E-state index contributed by atoms with van der Waals surface area (Å²) < 4.78 is 0. The molecule has 0 saturated heterocycles. The maximum absolute atomic E-state index is 11.6. The van der Waals surface area contributed by atoms with Crippen LogP contribution in [0, 0.1) is 0 Å². The predicted octanol–water partition coefficient (Wildman–Crippen LogP) is 1.66. The molecule has 0 saturated carbocycles. The van der Waals surface area contributed by atoms with E-state index in [1.165, 1.54) is 6.20 Å². The molecule has 1 amide bonds. The lowest BCUT2D eigenvalue weighted by atomic mass is 10.3. The number of carbonyl (C=O) groups excluding carboxylic acids is 1. The van der Waals surface area contributed by atoms with E-state index in [9.17, 15) is 4.79 Å². The van der Waals surface area contributed by atoms with E-state index < -0.39 is 0 Å². The Hall–Kier alpha value is -1.88. The summed E-state index contributed by atoms with van der Waals surface area (Å²) in [6, 6.07) is 5.24. The maximum atomic E-state index is 11.6. The molecule has 2 aromatic heterocycles. The second-order valence-electron chi connectivity index (χ2n) is 3.29. The number of anilines is 1. The van der Waals surface area contributed by atoms with Crippen molar-refractivity contribution >= 4 is 22.9 Å². The zero-order valence-corrected chi connectivity index (χ0v) is 9.33. The number of hydrogen-bond donors (Lipinski definition) is 2. The summed E-state index contributed by atoms with van der Waals surface area (Å²) >= 11 is 1.61. The first-order chi connectivity index (χ1) is 7.75. The molecule has 16 heavy (non-hydrogen) atoms. The van der Waals surface area contributed by atoms with Crippen LogP contribution in [0.3, 0.4) is 0 Å². The van der Waals surface area contributed by atoms with Crippen LogP contribution in [0.1, 0.15) is 16.1 Å². The van der Waals surface area contributed by atoms with Crippen LogP contribution in [-0.4, -0.2) is 10.9 Å². The molecule has 0 radical (unpaired) electrons. The van der Waals surface area contributed by atoms with Gasteiger partial charge in [-0.05, 0) is 34.5 Å². The van der Waals surface area contributed by atoms with Crippen LogP contribution in [0.25, 0.3) is 0 Å². The highest BCUT2D eigenvalue weighted by Gasteiger charge is 2.05. The van der Waals surface area contributed by atoms with Crippen molar-refractivity contribution < 1.29 is 4.79 Å². The van der Waals surface area contributed by atoms with Crippen LogP contribution in [0.2, 0.25) is 0 Å². The minimum Gasteiger partial charge on any atom is -0.397 e. The summed E-state index contributed by atoms with van der Waals surface area (Å²) in [6.07, 6.45) is 1.47. The van der Waals surface area contributed by atoms with Gasteiger partial charge in [0.25, 0.3) is 5.91 Å². The van der Waals surface area contributed by atoms with Gasteiger partial charge in [0.15, 0.2) is 0 Å². The minimum absolute atomic E-state index is 0.189. The summed E-state index contributed by atoms with van der Waals surface area (Å²) in [5, 5.41) is 6.76. The van der Waals surface area contributed by atoms with Crippen LogP contribution in [0.5, 0.6) is 0 Å². The average molecular weight is 233 g/mol. The lowest BCUT2D eigenvalue weighted by molar-refractivity contribution is 0.0946. The van der Waals surface area contributed by atoms with Crippen molar-refractivity contribution in [2.24, 2.45) is 0 Å². The molecular weight excluding hydrogens is 222 g/mol. The van der Waals surface area contributed by atoms with Crippen molar-refractivity contribution in [2.75, 3.05) is 5.73 Å². The zero-order valence-electron chi connectivity index (χ0n) is 8.51. The fraction of sp³-hybridized carbons (Fsp3) is 0.0909. The Labute approximate surface area is 97.1 Å². The van der Waals surface area contributed by atoms with Gasteiger partial charge in [0.05, 0.1) is 11.9 Å². The van der Waals surface area contributed by atoms with E-state index in [0.29, 0.717) is 17.9 Å². The Kier molecular flexibility index (Phi) is 3.16. The van der Waals surface area contributed by atoms with Crippen LogP contribution in [-0.2, 0) is 6.54 Å². The van der Waals surface area contributed by atoms with E-state index in [1.54, 1.807) is 23.5 Å². The third kappa shape index (κ3) is 2.58. The van der Waals surface area contributed by atoms with Crippen molar-refractivity contribution in [3.63, 3.8) is 0 Å². The van der Waals surface area contributed by atoms with Gasteiger partial charge >= 0.3 is 0 Å². The molecule has 0 spiro atoms. The molecule has 0 bridgehead atoms. The Morgan fingerprint density at radius 3 is 2.94 bits per heavy atom. The molecule has 0 aliphatic heterocycles. The van der Waals surface area contributed by atoms with Crippen molar-refractivity contribution in [1.29, 1.82) is 0 Å². The molecule has 0 fully saturated rings. The molecule has 0 unspecified atom stereocenters. The molecule has 2 rings (SSSR count). The molecule has 2 aromatic rings. The van der Waals surface area contributed by atoms with Crippen LogP contribution >= 0.6 is 11.3 Å². The highest BCUT2D eigenvalue weighted by atomic mass is 32.1. The first-order valence-electron chi connectivity index (χ1n) is 4.76. The summed E-state index contributed by atoms with van der Waals surface area (Å²) in [5.41, 5.74) is 7.51. The van der Waals surface area contributed by atoms with Crippen molar-refractivity contribution in [3.05, 3.63) is 46.4 Å². The monoisotopic (exact) mass is 233 g/mol. The van der Waals surface area contributed by atoms with Gasteiger partial charge in [0, 0.05) is 6.54 Å². The standard InChI is InChI=1S/C11H11N3OS/c12-9-1-2-10(13-6-9)11(15)14-5-8-3-4-16-7-8/h1-4,6-7H,5,12H2,(H,14,15). The highest BCUT2D eigenvalue weighted by molar-refractivity contribution is 7.07. The molecular formula is C11H11N3OS. The van der Waals surface area contributed by atoms with Gasteiger partial charge < -0.3 is 11.1 Å². The number of nitrogens with one attached hydrogen (secondary N) is 1. The van der Waals surface area contributed by atoms with Crippen LogP contribution in [0.15, 0.2) is 35.2 Å². The van der Waals surface area contributed by atoms with Gasteiger partial charge in [-0.25, -0.2) is 4.98 Å². The van der Waals surface area contributed by atoms with E-state index in [2.05, 4.69) is 10.3 Å². The van der Waals surface area contributed by atoms with Crippen molar-refractivity contribution in [1.82, 2.24) is 10.3 Å². The van der Waals surface area contributed by atoms with Crippen LogP contribution < -0.4 is 11.1 Å². The normalized spacial score (nSPS) is 10.0. The number of carbonyl (C=O) groups is 1. The van der Waals surface area contributed by atoms with E-state index >= 15 is 0 Å². The van der Waals surface area contributed by atoms with E-state index in [1.807, 2.05) is 16.8 Å². The van der Waals surface area contributed by atoms with Crippen molar-refractivity contribution in [2.45, 2.75) is 6.54 Å². The van der Waals surface area contributed by atoms with Gasteiger partial charge in [0.1, 0.15) is 5.69 Å². The second kappa shape index (κ2) is 4.76. The Morgan fingerprint density at radius 1 is 1.44 bits per heavy atom. The Bertz CT molecular complexity index is 464. The Morgan fingerprint density at radius 2 is 2.31 bits per heavy atom. The molecule has 3 N–H and O–H groups in total. The van der Waals surface area contributed by atoms with Gasteiger partial charge in [-0.1, -0.05) is 0 Å². The van der Waals surface area contributed by atoms with Crippen LogP contribution in [0.4, 0.5) is 5.69 Å². The number of thiophene rings is 1.